The number of hydrogen-bond acceptors (Lipinski definition) is 7. The van der Waals surface area contributed by atoms with Crippen LogP contribution in [-0.2, 0) is 6.61 Å². The summed E-state index contributed by atoms with van der Waals surface area (Å²) in [5.41, 5.74) is 0.706. The lowest BCUT2D eigenvalue weighted by molar-refractivity contribution is 0.0664. The number of carbonyl (C=O) groups is 2. The highest BCUT2D eigenvalue weighted by molar-refractivity contribution is 7.13. The van der Waals surface area contributed by atoms with Crippen molar-refractivity contribution >= 4 is 28.8 Å². The molecule has 2 aromatic carbocycles. The number of anilines is 1. The lowest BCUT2D eigenvalue weighted by Crippen LogP contribution is -2.47. The summed E-state index contributed by atoms with van der Waals surface area (Å²) in [7, 11) is 2.04. The quantitative estimate of drug-likeness (QED) is 0.592. The van der Waals surface area contributed by atoms with Crippen LogP contribution in [0.2, 0.25) is 0 Å². The molecule has 0 saturated carbocycles. The molecule has 1 saturated heterocycles. The van der Waals surface area contributed by atoms with Crippen LogP contribution < -0.4 is 10.1 Å². The van der Waals surface area contributed by atoms with Gasteiger partial charge < -0.3 is 19.9 Å². The van der Waals surface area contributed by atoms with Gasteiger partial charge in [0.1, 0.15) is 12.4 Å². The minimum atomic E-state index is -1.06. The molecule has 0 radical (unpaired) electrons. The second-order valence-corrected chi connectivity index (χ2v) is 8.55. The van der Waals surface area contributed by atoms with Crippen molar-refractivity contribution in [2.24, 2.45) is 0 Å². The second kappa shape index (κ2) is 10.0. The first-order valence-electron chi connectivity index (χ1n) is 10.2. The molecule has 0 spiro atoms. The Bertz CT molecular complexity index is 1150. The molecule has 3 aromatic rings. The van der Waals surface area contributed by atoms with Crippen LogP contribution in [0.4, 0.5) is 14.5 Å². The Labute approximate surface area is 192 Å². The molecule has 0 unspecified atom stereocenters. The molecule has 2 heterocycles. The standard InChI is InChI=1S/C22H21F2N5O3S/c1-28-8-10-29(11-9-28)22(31)14-2-5-16(6-3-14)32-13-19-26-27-21(33-19)20(30)25-15-4-7-17(23)18(24)12-15/h2-7,12H,8-11,13H2,1H3,(H,25,30). The molecule has 8 nitrogen and oxygen atoms in total. The van der Waals surface area contributed by atoms with Crippen LogP contribution in [0.25, 0.3) is 0 Å². The topological polar surface area (TPSA) is 87.7 Å². The summed E-state index contributed by atoms with van der Waals surface area (Å²) >= 11 is 1.02. The second-order valence-electron chi connectivity index (χ2n) is 7.49. The van der Waals surface area contributed by atoms with E-state index in [1.807, 2.05) is 11.9 Å². The lowest BCUT2D eigenvalue weighted by Gasteiger charge is -2.32. The maximum atomic E-state index is 13.3. The number of benzene rings is 2. The van der Waals surface area contributed by atoms with Crippen molar-refractivity contribution in [3.8, 4) is 5.75 Å². The lowest BCUT2D eigenvalue weighted by atomic mass is 10.1. The van der Waals surface area contributed by atoms with Crippen LogP contribution in [0.1, 0.15) is 25.2 Å². The predicted molar refractivity (Wildman–Crippen MR) is 118 cm³/mol. The van der Waals surface area contributed by atoms with Gasteiger partial charge in [-0.25, -0.2) is 8.78 Å². The third-order valence-electron chi connectivity index (χ3n) is 5.09. The molecule has 0 atom stereocenters. The van der Waals surface area contributed by atoms with Gasteiger partial charge in [0.2, 0.25) is 5.01 Å². The molecule has 33 heavy (non-hydrogen) atoms. The van der Waals surface area contributed by atoms with Crippen LogP contribution in [0.15, 0.2) is 42.5 Å². The first kappa shape index (κ1) is 22.7. The van der Waals surface area contributed by atoms with Crippen molar-refractivity contribution in [3.63, 3.8) is 0 Å². The summed E-state index contributed by atoms with van der Waals surface area (Å²) in [6, 6.07) is 9.92. The van der Waals surface area contributed by atoms with E-state index in [0.29, 0.717) is 29.4 Å². The zero-order valence-electron chi connectivity index (χ0n) is 17.8. The van der Waals surface area contributed by atoms with Crippen molar-refractivity contribution < 1.29 is 23.1 Å². The molecule has 0 bridgehead atoms. The molecule has 1 aliphatic rings. The molecular weight excluding hydrogens is 452 g/mol. The first-order valence-corrected chi connectivity index (χ1v) is 11.0. The maximum Gasteiger partial charge on any atom is 0.286 e. The van der Waals surface area contributed by atoms with E-state index in [1.165, 1.54) is 6.07 Å². The van der Waals surface area contributed by atoms with Gasteiger partial charge in [-0.2, -0.15) is 0 Å². The predicted octanol–water partition coefficient (Wildman–Crippen LogP) is 3.04. The van der Waals surface area contributed by atoms with Gasteiger partial charge in [-0.15, -0.1) is 10.2 Å². The first-order chi connectivity index (χ1) is 15.9. The molecule has 4 rings (SSSR count). The molecule has 1 fully saturated rings. The number of nitrogens with one attached hydrogen (secondary N) is 1. The van der Waals surface area contributed by atoms with Crippen LogP contribution >= 0.6 is 11.3 Å². The Morgan fingerprint density at radius 2 is 1.76 bits per heavy atom. The fraction of sp³-hybridized carbons (Fsp3) is 0.273. The average molecular weight is 474 g/mol. The van der Waals surface area contributed by atoms with Crippen LogP contribution in [0, 0.1) is 11.6 Å². The van der Waals surface area contributed by atoms with E-state index in [2.05, 4.69) is 20.4 Å². The Kier molecular flexibility index (Phi) is 6.90. The number of likely N-dealkylation sites (N-methyl/N-ethyl adjacent to an activating group) is 1. The monoisotopic (exact) mass is 473 g/mol. The van der Waals surface area contributed by atoms with Gasteiger partial charge >= 0.3 is 0 Å². The van der Waals surface area contributed by atoms with Crippen molar-refractivity contribution in [1.29, 1.82) is 0 Å². The summed E-state index contributed by atoms with van der Waals surface area (Å²) in [5, 5.41) is 10.7. The van der Waals surface area contributed by atoms with E-state index in [1.54, 1.807) is 24.3 Å². The Morgan fingerprint density at radius 3 is 2.45 bits per heavy atom. The number of carbonyl (C=O) groups excluding carboxylic acids is 2. The third-order valence-corrected chi connectivity index (χ3v) is 5.99. The highest BCUT2D eigenvalue weighted by atomic mass is 32.1. The van der Waals surface area contributed by atoms with E-state index in [4.69, 9.17) is 4.74 Å². The summed E-state index contributed by atoms with van der Waals surface area (Å²) in [4.78, 5) is 28.9. The highest BCUT2D eigenvalue weighted by Gasteiger charge is 2.20. The van der Waals surface area contributed by atoms with Gasteiger partial charge in [0.15, 0.2) is 16.6 Å². The van der Waals surface area contributed by atoms with Gasteiger partial charge in [-0.3, -0.25) is 9.59 Å². The minimum Gasteiger partial charge on any atom is -0.486 e. The maximum absolute atomic E-state index is 13.3. The van der Waals surface area contributed by atoms with Gasteiger partial charge in [-0.05, 0) is 43.4 Å². The highest BCUT2D eigenvalue weighted by Crippen LogP contribution is 2.19. The Morgan fingerprint density at radius 1 is 1.03 bits per heavy atom. The van der Waals surface area contributed by atoms with Crippen molar-refractivity contribution in [2.75, 3.05) is 38.5 Å². The smallest absolute Gasteiger partial charge is 0.286 e. The number of aromatic nitrogens is 2. The zero-order valence-corrected chi connectivity index (χ0v) is 18.6. The zero-order chi connectivity index (χ0) is 23.4. The molecule has 0 aliphatic carbocycles. The van der Waals surface area contributed by atoms with E-state index in [-0.39, 0.29) is 23.2 Å². The van der Waals surface area contributed by atoms with E-state index in [9.17, 15) is 18.4 Å². The third kappa shape index (κ3) is 5.68. The van der Waals surface area contributed by atoms with Gasteiger partial charge in [0.25, 0.3) is 11.8 Å². The molecule has 11 heteroatoms. The number of halogens is 2. The summed E-state index contributed by atoms with van der Waals surface area (Å²) < 4.78 is 32.0. The molecule has 1 aromatic heterocycles. The van der Waals surface area contributed by atoms with Gasteiger partial charge in [0, 0.05) is 43.5 Å². The Hall–Kier alpha value is -3.44. The fourth-order valence-electron chi connectivity index (χ4n) is 3.19. The summed E-state index contributed by atoms with van der Waals surface area (Å²) in [6.07, 6.45) is 0. The molecule has 2 amide bonds. The summed E-state index contributed by atoms with van der Waals surface area (Å²) in [5.74, 6) is -2.10. The van der Waals surface area contributed by atoms with Crippen molar-refractivity contribution in [3.05, 3.63) is 69.7 Å². The number of hydrogen-bond donors (Lipinski definition) is 1. The number of rotatable bonds is 6. The van der Waals surface area contributed by atoms with Crippen LogP contribution in [0.3, 0.4) is 0 Å². The SMILES string of the molecule is CN1CCN(C(=O)c2ccc(OCc3nnc(C(=O)Nc4ccc(F)c(F)c4)s3)cc2)CC1. The Balaban J connectivity index is 1.30. The van der Waals surface area contributed by atoms with E-state index >= 15 is 0 Å². The molecule has 1 N–H and O–H groups in total. The van der Waals surface area contributed by atoms with E-state index < -0.39 is 17.5 Å². The van der Waals surface area contributed by atoms with Crippen LogP contribution in [-0.4, -0.2) is 65.0 Å². The van der Waals surface area contributed by atoms with Gasteiger partial charge in [-0.1, -0.05) is 11.3 Å². The molecule has 172 valence electrons. The largest absolute Gasteiger partial charge is 0.486 e. The number of amides is 2. The summed E-state index contributed by atoms with van der Waals surface area (Å²) in [6.45, 7) is 3.21. The number of nitrogens with zero attached hydrogens (tertiary/aromatic N) is 4. The number of ether oxygens (including phenoxy) is 1. The minimum absolute atomic E-state index is 0.00420. The fourth-order valence-corrected chi connectivity index (χ4v) is 3.84. The normalized spacial score (nSPS) is 14.2. The number of piperazine rings is 1. The average Bonchev–Trinajstić information content (AvgIpc) is 3.30. The molecular formula is C22H21F2N5O3S. The van der Waals surface area contributed by atoms with Crippen LogP contribution in [0.5, 0.6) is 5.75 Å². The molecule has 1 aliphatic heterocycles. The van der Waals surface area contributed by atoms with E-state index in [0.717, 1.165) is 36.6 Å². The van der Waals surface area contributed by atoms with Crippen molar-refractivity contribution in [2.45, 2.75) is 6.61 Å². The van der Waals surface area contributed by atoms with Gasteiger partial charge in [0.05, 0.1) is 0 Å². The van der Waals surface area contributed by atoms with Crippen molar-refractivity contribution in [1.82, 2.24) is 20.0 Å².